The van der Waals surface area contributed by atoms with Crippen LogP contribution in [0.4, 0.5) is 0 Å². The molecule has 0 aromatic carbocycles. The lowest BCUT2D eigenvalue weighted by Gasteiger charge is -2.36. The number of carbonyl (C=O) groups excluding carboxylic acids is 1. The van der Waals surface area contributed by atoms with Crippen LogP contribution in [0.5, 0.6) is 0 Å². The summed E-state index contributed by atoms with van der Waals surface area (Å²) in [6, 6.07) is 0. The largest absolute Gasteiger partial charge is 0.370 e. The SMILES string of the molecule is CCCCC(=O)N1CC(C)OC(CCl)C1. The highest BCUT2D eigenvalue weighted by atomic mass is 35.5. The average Bonchev–Trinajstić information content (AvgIpc) is 2.24. The van der Waals surface area contributed by atoms with E-state index < -0.39 is 0 Å². The first-order valence-electron chi connectivity index (χ1n) is 5.66. The summed E-state index contributed by atoms with van der Waals surface area (Å²) in [5.41, 5.74) is 0. The zero-order chi connectivity index (χ0) is 11.3. The highest BCUT2D eigenvalue weighted by Gasteiger charge is 2.27. The zero-order valence-corrected chi connectivity index (χ0v) is 10.3. The van der Waals surface area contributed by atoms with E-state index in [1.54, 1.807) is 0 Å². The number of carbonyl (C=O) groups is 1. The standard InChI is InChI=1S/C11H20ClNO2/c1-3-4-5-11(14)13-7-9(2)15-10(6-12)8-13/h9-10H,3-8H2,1-2H3. The van der Waals surface area contributed by atoms with Crippen molar-refractivity contribution in [1.29, 1.82) is 0 Å². The number of halogens is 1. The molecule has 0 aromatic heterocycles. The number of rotatable bonds is 4. The van der Waals surface area contributed by atoms with Crippen molar-refractivity contribution in [2.75, 3.05) is 19.0 Å². The van der Waals surface area contributed by atoms with Crippen molar-refractivity contribution in [3.05, 3.63) is 0 Å². The van der Waals surface area contributed by atoms with E-state index in [0.29, 0.717) is 25.4 Å². The van der Waals surface area contributed by atoms with E-state index >= 15 is 0 Å². The van der Waals surface area contributed by atoms with Crippen LogP contribution in [-0.2, 0) is 9.53 Å². The lowest BCUT2D eigenvalue weighted by molar-refractivity contribution is -0.143. The minimum atomic E-state index is 0.000920. The van der Waals surface area contributed by atoms with Crippen LogP contribution >= 0.6 is 11.6 Å². The van der Waals surface area contributed by atoms with E-state index in [9.17, 15) is 4.79 Å². The summed E-state index contributed by atoms with van der Waals surface area (Å²) < 4.78 is 5.59. The lowest BCUT2D eigenvalue weighted by atomic mass is 10.2. The van der Waals surface area contributed by atoms with Crippen molar-refractivity contribution in [2.45, 2.75) is 45.3 Å². The van der Waals surface area contributed by atoms with Gasteiger partial charge in [-0.2, -0.15) is 0 Å². The Morgan fingerprint density at radius 3 is 2.87 bits per heavy atom. The van der Waals surface area contributed by atoms with Gasteiger partial charge in [-0.15, -0.1) is 11.6 Å². The van der Waals surface area contributed by atoms with E-state index in [4.69, 9.17) is 16.3 Å². The normalized spacial score (nSPS) is 26.7. The number of alkyl halides is 1. The molecule has 2 unspecified atom stereocenters. The summed E-state index contributed by atoms with van der Waals surface area (Å²) in [4.78, 5) is 13.7. The summed E-state index contributed by atoms with van der Waals surface area (Å²) >= 11 is 5.76. The molecule has 4 heteroatoms. The molecule has 3 nitrogen and oxygen atoms in total. The summed E-state index contributed by atoms with van der Waals surface area (Å²) in [5.74, 6) is 0.698. The molecule has 15 heavy (non-hydrogen) atoms. The lowest BCUT2D eigenvalue weighted by Crippen LogP contribution is -2.49. The van der Waals surface area contributed by atoms with Crippen LogP contribution in [0.3, 0.4) is 0 Å². The van der Waals surface area contributed by atoms with Crippen LogP contribution in [0.1, 0.15) is 33.1 Å². The van der Waals surface area contributed by atoms with Crippen LogP contribution < -0.4 is 0 Å². The molecule has 0 N–H and O–H groups in total. The second kappa shape index (κ2) is 6.33. The summed E-state index contributed by atoms with van der Waals surface area (Å²) in [7, 11) is 0. The van der Waals surface area contributed by atoms with Gasteiger partial charge in [0.25, 0.3) is 0 Å². The highest BCUT2D eigenvalue weighted by Crippen LogP contribution is 2.14. The van der Waals surface area contributed by atoms with Crippen molar-refractivity contribution in [3.63, 3.8) is 0 Å². The van der Waals surface area contributed by atoms with Crippen molar-refractivity contribution in [2.24, 2.45) is 0 Å². The van der Waals surface area contributed by atoms with Gasteiger partial charge in [-0.25, -0.2) is 0 Å². The van der Waals surface area contributed by atoms with E-state index in [0.717, 1.165) is 12.8 Å². The molecule has 0 bridgehead atoms. The van der Waals surface area contributed by atoms with Crippen molar-refractivity contribution in [3.8, 4) is 0 Å². The first-order chi connectivity index (χ1) is 7.17. The van der Waals surface area contributed by atoms with Crippen LogP contribution in [0.15, 0.2) is 0 Å². The first kappa shape index (κ1) is 12.8. The molecule has 1 aliphatic heterocycles. The van der Waals surface area contributed by atoms with E-state index in [1.807, 2.05) is 11.8 Å². The third kappa shape index (κ3) is 3.99. The fourth-order valence-corrected chi connectivity index (χ4v) is 1.99. The first-order valence-corrected chi connectivity index (χ1v) is 6.20. The van der Waals surface area contributed by atoms with Gasteiger partial charge >= 0.3 is 0 Å². The van der Waals surface area contributed by atoms with Gasteiger partial charge in [-0.05, 0) is 13.3 Å². The number of unbranched alkanes of at least 4 members (excludes halogenated alkanes) is 1. The number of hydrogen-bond acceptors (Lipinski definition) is 2. The number of hydrogen-bond donors (Lipinski definition) is 0. The van der Waals surface area contributed by atoms with Crippen LogP contribution in [0.25, 0.3) is 0 Å². The third-order valence-electron chi connectivity index (χ3n) is 2.60. The van der Waals surface area contributed by atoms with Crippen molar-refractivity contribution in [1.82, 2.24) is 4.90 Å². The summed E-state index contributed by atoms with van der Waals surface area (Å²) in [5, 5.41) is 0. The van der Waals surface area contributed by atoms with Crippen LogP contribution in [0, 0.1) is 0 Å². The molecular weight excluding hydrogens is 214 g/mol. The maximum Gasteiger partial charge on any atom is 0.222 e. The third-order valence-corrected chi connectivity index (χ3v) is 2.94. The van der Waals surface area contributed by atoms with Gasteiger partial charge in [-0.1, -0.05) is 13.3 Å². The fourth-order valence-electron chi connectivity index (χ4n) is 1.82. The molecule has 1 fully saturated rings. The number of nitrogens with zero attached hydrogens (tertiary/aromatic N) is 1. The van der Waals surface area contributed by atoms with E-state index in [2.05, 4.69) is 6.92 Å². The Kier molecular flexibility index (Phi) is 5.40. The molecule has 2 atom stereocenters. The fraction of sp³-hybridized carbons (Fsp3) is 0.909. The van der Waals surface area contributed by atoms with Gasteiger partial charge in [0.05, 0.1) is 18.1 Å². The average molecular weight is 234 g/mol. The maximum atomic E-state index is 11.8. The van der Waals surface area contributed by atoms with Gasteiger partial charge in [0.1, 0.15) is 0 Å². The zero-order valence-electron chi connectivity index (χ0n) is 9.54. The monoisotopic (exact) mass is 233 g/mol. The molecular formula is C11H20ClNO2. The van der Waals surface area contributed by atoms with Gasteiger partial charge in [0.15, 0.2) is 0 Å². The molecule has 0 saturated carbocycles. The second-order valence-electron chi connectivity index (χ2n) is 4.13. The Hall–Kier alpha value is -0.280. The summed E-state index contributed by atoms with van der Waals surface area (Å²) in [6.45, 7) is 5.43. The van der Waals surface area contributed by atoms with E-state index in [1.165, 1.54) is 0 Å². The second-order valence-corrected chi connectivity index (χ2v) is 4.43. The minimum absolute atomic E-state index is 0.000920. The number of amides is 1. The quantitative estimate of drug-likeness (QED) is 0.696. The number of morpholine rings is 1. The minimum Gasteiger partial charge on any atom is -0.370 e. The van der Waals surface area contributed by atoms with Crippen LogP contribution in [-0.4, -0.2) is 42.0 Å². The summed E-state index contributed by atoms with van der Waals surface area (Å²) in [6.07, 6.45) is 2.79. The molecule has 1 aliphatic rings. The molecule has 0 radical (unpaired) electrons. The molecule has 1 rings (SSSR count). The van der Waals surface area contributed by atoms with Gasteiger partial charge in [-0.3, -0.25) is 4.79 Å². The van der Waals surface area contributed by atoms with Gasteiger partial charge in [0, 0.05) is 19.5 Å². The molecule has 0 spiro atoms. The molecule has 0 aliphatic carbocycles. The Morgan fingerprint density at radius 2 is 2.27 bits per heavy atom. The highest BCUT2D eigenvalue weighted by molar-refractivity contribution is 6.18. The Bertz CT molecular complexity index is 211. The van der Waals surface area contributed by atoms with Gasteiger partial charge < -0.3 is 9.64 Å². The van der Waals surface area contributed by atoms with Crippen molar-refractivity contribution >= 4 is 17.5 Å². The van der Waals surface area contributed by atoms with E-state index in [-0.39, 0.29) is 18.1 Å². The van der Waals surface area contributed by atoms with Crippen molar-refractivity contribution < 1.29 is 9.53 Å². The van der Waals surface area contributed by atoms with Crippen LogP contribution in [0.2, 0.25) is 0 Å². The Labute approximate surface area is 96.7 Å². The predicted molar refractivity (Wildman–Crippen MR) is 61.2 cm³/mol. The molecule has 0 aromatic rings. The molecule has 1 saturated heterocycles. The molecule has 88 valence electrons. The topological polar surface area (TPSA) is 29.5 Å². The Balaban J connectivity index is 2.42. The predicted octanol–water partition coefficient (Wildman–Crippen LogP) is 2.03. The molecule has 1 heterocycles. The number of ether oxygens (including phenoxy) is 1. The molecule has 1 amide bonds. The Morgan fingerprint density at radius 1 is 1.53 bits per heavy atom. The van der Waals surface area contributed by atoms with Gasteiger partial charge in [0.2, 0.25) is 5.91 Å². The maximum absolute atomic E-state index is 11.8. The smallest absolute Gasteiger partial charge is 0.222 e.